The lowest BCUT2D eigenvalue weighted by atomic mass is 10.7. The first-order valence-corrected chi connectivity index (χ1v) is 2.23. The van der Waals surface area contributed by atoms with Gasteiger partial charge in [0.2, 0.25) is 0 Å². The number of hydrazone groups is 1. The topological polar surface area (TPSA) is 30.4 Å². The summed E-state index contributed by atoms with van der Waals surface area (Å²) in [4.78, 5) is 0. The maximum Gasteiger partial charge on any atom is 0.140 e. The summed E-state index contributed by atoms with van der Waals surface area (Å²) in [5.74, 6) is 1.06. The Morgan fingerprint density at radius 3 is 2.86 bits per heavy atom. The first-order chi connectivity index (χ1) is 3.38. The van der Waals surface area contributed by atoms with Crippen LogP contribution in [0.25, 0.3) is 0 Å². The molecule has 7 heavy (non-hydrogen) atoms. The Hall–Kier alpha value is -0.770. The number of hydrogen-bond acceptors (Lipinski definition) is 4. The van der Waals surface area contributed by atoms with Gasteiger partial charge in [0.25, 0.3) is 0 Å². The second-order valence-corrected chi connectivity index (χ2v) is 1.70. The minimum Gasteiger partial charge on any atom is -0.252 e. The molecular formula is C3H6N4. The average Bonchev–Trinajstić information content (AvgIpc) is 2.33. The summed E-state index contributed by atoms with van der Waals surface area (Å²) in [5, 5.41) is 7.85. The van der Waals surface area contributed by atoms with E-state index in [0.29, 0.717) is 0 Å². The molecule has 0 aromatic heterocycles. The van der Waals surface area contributed by atoms with Crippen molar-refractivity contribution in [2.45, 2.75) is 6.92 Å². The van der Waals surface area contributed by atoms with E-state index in [1.165, 1.54) is 0 Å². The monoisotopic (exact) mass is 98.1 g/mol. The molecule has 1 N–H and O–H groups in total. The van der Waals surface area contributed by atoms with Crippen molar-refractivity contribution in [3.63, 3.8) is 0 Å². The first kappa shape index (κ1) is 3.26. The molecular weight excluding hydrogens is 92.1 g/mol. The zero-order valence-corrected chi connectivity index (χ0v) is 4.05. The highest BCUT2D eigenvalue weighted by Crippen LogP contribution is 2.16. The molecule has 0 aromatic carbocycles. The van der Waals surface area contributed by atoms with Crippen LogP contribution in [-0.4, -0.2) is 22.6 Å². The van der Waals surface area contributed by atoms with Crippen molar-refractivity contribution in [2.75, 3.05) is 6.67 Å². The molecule has 2 aliphatic rings. The number of amidine groups is 1. The Morgan fingerprint density at radius 2 is 2.71 bits per heavy atom. The number of rotatable bonds is 0. The first-order valence-electron chi connectivity index (χ1n) is 2.23. The van der Waals surface area contributed by atoms with Gasteiger partial charge in [-0.25, -0.2) is 5.53 Å². The minimum absolute atomic E-state index is 0.995. The van der Waals surface area contributed by atoms with Crippen molar-refractivity contribution in [2.24, 2.45) is 5.10 Å². The molecule has 1 fully saturated rings. The molecule has 1 atom stereocenters. The summed E-state index contributed by atoms with van der Waals surface area (Å²) in [6.45, 7) is 2.97. The predicted octanol–water partition coefficient (Wildman–Crippen LogP) is -0.672. The third-order valence-electron chi connectivity index (χ3n) is 1.18. The molecule has 0 spiro atoms. The van der Waals surface area contributed by atoms with E-state index < -0.39 is 0 Å². The third-order valence-corrected chi connectivity index (χ3v) is 1.18. The van der Waals surface area contributed by atoms with E-state index in [4.69, 9.17) is 0 Å². The largest absolute Gasteiger partial charge is 0.252 e. The SMILES string of the molecule is CC1=NNN2CN12. The molecule has 1 saturated heterocycles. The van der Waals surface area contributed by atoms with Gasteiger partial charge in [-0.05, 0) is 6.92 Å². The van der Waals surface area contributed by atoms with Crippen LogP contribution in [0.5, 0.6) is 0 Å². The maximum atomic E-state index is 3.89. The molecule has 2 heterocycles. The highest BCUT2D eigenvalue weighted by molar-refractivity contribution is 5.81. The van der Waals surface area contributed by atoms with E-state index in [-0.39, 0.29) is 0 Å². The normalized spacial score (nSPS) is 34.1. The molecule has 4 heteroatoms. The second-order valence-electron chi connectivity index (χ2n) is 1.70. The summed E-state index contributed by atoms with van der Waals surface area (Å²) < 4.78 is 0. The minimum atomic E-state index is 0.995. The maximum absolute atomic E-state index is 3.89. The van der Waals surface area contributed by atoms with Gasteiger partial charge in [0.05, 0.1) is 0 Å². The Morgan fingerprint density at radius 1 is 1.86 bits per heavy atom. The molecule has 0 aromatic rings. The lowest BCUT2D eigenvalue weighted by Gasteiger charge is -1.84. The van der Waals surface area contributed by atoms with E-state index in [2.05, 4.69) is 10.6 Å². The molecule has 38 valence electrons. The standard InChI is InChI=1S/C3H6N4/c1-3-4-5-7-2-6(3)7/h5H,2H2,1H3. The van der Waals surface area contributed by atoms with E-state index in [9.17, 15) is 0 Å². The fraction of sp³-hybridized carbons (Fsp3) is 0.667. The van der Waals surface area contributed by atoms with E-state index >= 15 is 0 Å². The molecule has 0 radical (unpaired) electrons. The van der Waals surface area contributed by atoms with E-state index in [1.54, 1.807) is 0 Å². The van der Waals surface area contributed by atoms with Gasteiger partial charge in [-0.15, -0.1) is 5.10 Å². The number of nitrogens with one attached hydrogen (secondary N) is 1. The summed E-state index contributed by atoms with van der Waals surface area (Å²) in [5.41, 5.74) is 2.79. The van der Waals surface area contributed by atoms with Gasteiger partial charge in [-0.1, -0.05) is 5.12 Å². The quantitative estimate of drug-likeness (QED) is 0.407. The number of hydrazine groups is 2. The highest BCUT2D eigenvalue weighted by Gasteiger charge is 2.36. The van der Waals surface area contributed by atoms with Crippen molar-refractivity contribution in [3.8, 4) is 0 Å². The Balaban J connectivity index is 2.25. The Labute approximate surface area is 41.3 Å². The Kier molecular flexibility index (Phi) is 0.346. The van der Waals surface area contributed by atoms with Crippen molar-refractivity contribution in [1.82, 2.24) is 15.7 Å². The molecule has 1 unspecified atom stereocenters. The lowest BCUT2D eigenvalue weighted by Crippen LogP contribution is -2.09. The van der Waals surface area contributed by atoms with Gasteiger partial charge in [-0.3, -0.25) is 5.01 Å². The lowest BCUT2D eigenvalue weighted by molar-refractivity contribution is 0.341. The predicted molar refractivity (Wildman–Crippen MR) is 24.8 cm³/mol. The third kappa shape index (κ3) is 0.269. The number of fused-ring (bicyclic) bond motifs is 1. The summed E-state index contributed by atoms with van der Waals surface area (Å²) in [7, 11) is 0. The van der Waals surface area contributed by atoms with Gasteiger partial charge >= 0.3 is 0 Å². The van der Waals surface area contributed by atoms with Crippen molar-refractivity contribution < 1.29 is 0 Å². The molecule has 2 aliphatic heterocycles. The zero-order chi connectivity index (χ0) is 4.85. The van der Waals surface area contributed by atoms with E-state index in [0.717, 1.165) is 12.5 Å². The van der Waals surface area contributed by atoms with Gasteiger partial charge in [0.15, 0.2) is 0 Å². The Bertz CT molecular complexity index is 129. The fourth-order valence-electron chi connectivity index (χ4n) is 0.649. The zero-order valence-electron chi connectivity index (χ0n) is 4.05. The van der Waals surface area contributed by atoms with E-state index in [1.807, 2.05) is 17.1 Å². The van der Waals surface area contributed by atoms with Crippen molar-refractivity contribution in [1.29, 1.82) is 0 Å². The second kappa shape index (κ2) is 0.742. The van der Waals surface area contributed by atoms with Gasteiger partial charge in [0, 0.05) is 0 Å². The van der Waals surface area contributed by atoms with Crippen LogP contribution in [0.2, 0.25) is 0 Å². The van der Waals surface area contributed by atoms with Crippen LogP contribution in [0.4, 0.5) is 0 Å². The highest BCUT2D eigenvalue weighted by atomic mass is 16.1. The van der Waals surface area contributed by atoms with Crippen LogP contribution in [0.1, 0.15) is 6.92 Å². The van der Waals surface area contributed by atoms with Crippen molar-refractivity contribution >= 4 is 5.84 Å². The average molecular weight is 98.1 g/mol. The van der Waals surface area contributed by atoms with Gasteiger partial charge in [-0.2, -0.15) is 0 Å². The van der Waals surface area contributed by atoms with Crippen molar-refractivity contribution in [3.05, 3.63) is 0 Å². The van der Waals surface area contributed by atoms with Crippen LogP contribution in [0, 0.1) is 0 Å². The molecule has 0 bridgehead atoms. The summed E-state index contributed by atoms with van der Waals surface area (Å²) >= 11 is 0. The molecule has 0 amide bonds. The number of hydrogen-bond donors (Lipinski definition) is 1. The summed E-state index contributed by atoms with van der Waals surface area (Å²) in [6, 6.07) is 0. The fourth-order valence-corrected chi connectivity index (χ4v) is 0.649. The van der Waals surface area contributed by atoms with Gasteiger partial charge < -0.3 is 0 Å². The molecule has 2 rings (SSSR count). The molecule has 0 saturated carbocycles. The van der Waals surface area contributed by atoms with Crippen LogP contribution in [0.15, 0.2) is 5.10 Å². The van der Waals surface area contributed by atoms with Crippen LogP contribution in [0.3, 0.4) is 0 Å². The number of nitrogens with zero attached hydrogens (tertiary/aromatic N) is 3. The summed E-state index contributed by atoms with van der Waals surface area (Å²) in [6.07, 6.45) is 0. The van der Waals surface area contributed by atoms with Crippen LogP contribution >= 0.6 is 0 Å². The van der Waals surface area contributed by atoms with Crippen LogP contribution < -0.4 is 5.53 Å². The van der Waals surface area contributed by atoms with Crippen LogP contribution in [-0.2, 0) is 0 Å². The van der Waals surface area contributed by atoms with Gasteiger partial charge in [0.1, 0.15) is 12.5 Å². The molecule has 0 aliphatic carbocycles. The molecule has 4 nitrogen and oxygen atoms in total. The smallest absolute Gasteiger partial charge is 0.140 e.